The topological polar surface area (TPSA) is 74.8 Å². The van der Waals surface area contributed by atoms with Crippen molar-refractivity contribution in [2.45, 2.75) is 39.8 Å². The molecular formula is C23H32N4O2. The molecule has 0 unspecified atom stereocenters. The van der Waals surface area contributed by atoms with E-state index >= 15 is 0 Å². The average molecular weight is 397 g/mol. The summed E-state index contributed by atoms with van der Waals surface area (Å²) in [5.74, 6) is 1.46. The predicted octanol–water partition coefficient (Wildman–Crippen LogP) is 3.27. The van der Waals surface area contributed by atoms with Crippen LogP contribution in [0.25, 0.3) is 0 Å². The van der Waals surface area contributed by atoms with E-state index in [4.69, 9.17) is 4.74 Å². The summed E-state index contributed by atoms with van der Waals surface area (Å²) in [6, 6.07) is 15.6. The summed E-state index contributed by atoms with van der Waals surface area (Å²) in [6.45, 7) is 9.67. The number of guanidine groups is 1. The fourth-order valence-electron chi connectivity index (χ4n) is 2.61. The maximum absolute atomic E-state index is 12.3. The fraction of sp³-hybridized carbons (Fsp3) is 0.391. The molecular weight excluding hydrogens is 364 g/mol. The molecule has 6 nitrogen and oxygen atoms in total. The molecule has 0 radical (unpaired) electrons. The van der Waals surface area contributed by atoms with Crippen molar-refractivity contribution in [2.75, 3.05) is 20.2 Å². The van der Waals surface area contributed by atoms with E-state index < -0.39 is 0 Å². The van der Waals surface area contributed by atoms with Crippen molar-refractivity contribution in [3.05, 3.63) is 65.2 Å². The molecule has 0 aliphatic heterocycles. The zero-order valence-electron chi connectivity index (χ0n) is 18.0. The third kappa shape index (κ3) is 8.25. The van der Waals surface area contributed by atoms with E-state index in [2.05, 4.69) is 20.9 Å². The van der Waals surface area contributed by atoms with Crippen molar-refractivity contribution in [3.8, 4) is 5.75 Å². The lowest BCUT2D eigenvalue weighted by molar-refractivity contribution is 0.0919. The Hall–Kier alpha value is -3.02. The van der Waals surface area contributed by atoms with E-state index in [1.807, 2.05) is 76.2 Å². The summed E-state index contributed by atoms with van der Waals surface area (Å²) in [5, 5.41) is 9.46. The number of nitrogens with zero attached hydrogens (tertiary/aromatic N) is 1. The smallest absolute Gasteiger partial charge is 0.251 e. The number of carbonyl (C=O) groups excluding carboxylic acids is 1. The predicted molar refractivity (Wildman–Crippen MR) is 119 cm³/mol. The number of amides is 1. The van der Waals surface area contributed by atoms with Crippen LogP contribution < -0.4 is 20.7 Å². The standard InChI is InChI=1S/C23H32N4O2/c1-17-9-11-20(12-10-17)29-14-13-25-22(24-5)26-16-18-7-6-8-19(15-18)21(28)27-23(2,3)4/h6-12,15H,13-14,16H2,1-5H3,(H,27,28)(H2,24,25,26). The van der Waals surface area contributed by atoms with Crippen LogP contribution in [0.1, 0.15) is 42.3 Å². The first kappa shape index (κ1) is 22.3. The first-order valence-corrected chi connectivity index (χ1v) is 9.82. The van der Waals surface area contributed by atoms with Crippen LogP contribution in [0.2, 0.25) is 0 Å². The van der Waals surface area contributed by atoms with Crippen molar-refractivity contribution in [1.29, 1.82) is 0 Å². The molecule has 0 aliphatic rings. The molecule has 0 spiro atoms. The second kappa shape index (κ2) is 10.5. The molecule has 0 saturated heterocycles. The second-order valence-electron chi connectivity index (χ2n) is 7.92. The number of benzene rings is 2. The van der Waals surface area contributed by atoms with Gasteiger partial charge in [0, 0.05) is 24.7 Å². The maximum atomic E-state index is 12.3. The van der Waals surface area contributed by atoms with E-state index in [1.54, 1.807) is 7.05 Å². The van der Waals surface area contributed by atoms with Crippen molar-refractivity contribution in [3.63, 3.8) is 0 Å². The fourth-order valence-corrected chi connectivity index (χ4v) is 2.61. The van der Waals surface area contributed by atoms with E-state index in [9.17, 15) is 4.79 Å². The van der Waals surface area contributed by atoms with Gasteiger partial charge in [0.15, 0.2) is 5.96 Å². The highest BCUT2D eigenvalue weighted by Gasteiger charge is 2.15. The van der Waals surface area contributed by atoms with Gasteiger partial charge in [0.05, 0.1) is 6.54 Å². The maximum Gasteiger partial charge on any atom is 0.251 e. The molecule has 0 bridgehead atoms. The third-order valence-electron chi connectivity index (χ3n) is 4.05. The zero-order chi connectivity index (χ0) is 21.3. The van der Waals surface area contributed by atoms with Gasteiger partial charge in [-0.3, -0.25) is 9.79 Å². The highest BCUT2D eigenvalue weighted by Crippen LogP contribution is 2.11. The van der Waals surface area contributed by atoms with Crippen molar-refractivity contribution in [1.82, 2.24) is 16.0 Å². The first-order valence-electron chi connectivity index (χ1n) is 9.82. The normalized spacial score (nSPS) is 11.7. The molecule has 156 valence electrons. The van der Waals surface area contributed by atoms with Crippen LogP contribution in [0, 0.1) is 6.92 Å². The molecule has 3 N–H and O–H groups in total. The van der Waals surface area contributed by atoms with Gasteiger partial charge < -0.3 is 20.7 Å². The molecule has 0 atom stereocenters. The van der Waals surface area contributed by atoms with Gasteiger partial charge in [0.25, 0.3) is 5.91 Å². The lowest BCUT2D eigenvalue weighted by Gasteiger charge is -2.20. The third-order valence-corrected chi connectivity index (χ3v) is 4.05. The van der Waals surface area contributed by atoms with Gasteiger partial charge in [0.2, 0.25) is 0 Å². The molecule has 0 heterocycles. The number of hydrogen-bond acceptors (Lipinski definition) is 3. The summed E-state index contributed by atoms with van der Waals surface area (Å²) < 4.78 is 5.71. The molecule has 29 heavy (non-hydrogen) atoms. The minimum absolute atomic E-state index is 0.0740. The number of aryl methyl sites for hydroxylation is 1. The van der Waals surface area contributed by atoms with Crippen LogP contribution in [0.4, 0.5) is 0 Å². The molecule has 2 aromatic carbocycles. The molecule has 0 saturated carbocycles. The van der Waals surface area contributed by atoms with E-state index in [0.29, 0.717) is 31.2 Å². The SMILES string of the molecule is CN=C(NCCOc1ccc(C)cc1)NCc1cccc(C(=O)NC(C)(C)C)c1. The summed E-state index contributed by atoms with van der Waals surface area (Å²) in [4.78, 5) is 16.6. The van der Waals surface area contributed by atoms with Crippen LogP contribution in [0.5, 0.6) is 5.75 Å². The molecule has 1 amide bonds. The van der Waals surface area contributed by atoms with Crippen molar-refractivity contribution >= 4 is 11.9 Å². The van der Waals surface area contributed by atoms with Gasteiger partial charge in [-0.1, -0.05) is 29.8 Å². The minimum Gasteiger partial charge on any atom is -0.492 e. The highest BCUT2D eigenvalue weighted by atomic mass is 16.5. The van der Waals surface area contributed by atoms with E-state index in [0.717, 1.165) is 11.3 Å². The zero-order valence-corrected chi connectivity index (χ0v) is 18.0. The Morgan fingerprint density at radius 3 is 2.45 bits per heavy atom. The largest absolute Gasteiger partial charge is 0.492 e. The quantitative estimate of drug-likeness (QED) is 0.381. The van der Waals surface area contributed by atoms with Gasteiger partial charge in [-0.25, -0.2) is 0 Å². The highest BCUT2D eigenvalue weighted by molar-refractivity contribution is 5.94. The van der Waals surface area contributed by atoms with E-state index in [1.165, 1.54) is 5.56 Å². The summed E-state index contributed by atoms with van der Waals surface area (Å²) in [7, 11) is 1.73. The van der Waals surface area contributed by atoms with Crippen LogP contribution >= 0.6 is 0 Å². The molecule has 0 aromatic heterocycles. The van der Waals surface area contributed by atoms with Gasteiger partial charge in [0.1, 0.15) is 12.4 Å². The van der Waals surface area contributed by atoms with Crippen LogP contribution in [-0.4, -0.2) is 37.6 Å². The van der Waals surface area contributed by atoms with Gasteiger partial charge in [-0.05, 0) is 57.5 Å². The lowest BCUT2D eigenvalue weighted by Crippen LogP contribution is -2.40. The van der Waals surface area contributed by atoms with Crippen LogP contribution in [0.15, 0.2) is 53.5 Å². The number of nitrogens with one attached hydrogen (secondary N) is 3. The summed E-state index contributed by atoms with van der Waals surface area (Å²) in [5.41, 5.74) is 2.59. The van der Waals surface area contributed by atoms with Gasteiger partial charge >= 0.3 is 0 Å². The molecule has 6 heteroatoms. The van der Waals surface area contributed by atoms with Crippen LogP contribution in [-0.2, 0) is 6.54 Å². The monoisotopic (exact) mass is 396 g/mol. The molecule has 0 fully saturated rings. The Kier molecular flexibility index (Phi) is 8.07. The van der Waals surface area contributed by atoms with Gasteiger partial charge in [-0.2, -0.15) is 0 Å². The Balaban J connectivity index is 1.79. The summed E-state index contributed by atoms with van der Waals surface area (Å²) >= 11 is 0. The number of aliphatic imine (C=N–C) groups is 1. The number of carbonyl (C=O) groups is 1. The number of ether oxygens (including phenoxy) is 1. The molecule has 0 aliphatic carbocycles. The van der Waals surface area contributed by atoms with Gasteiger partial charge in [-0.15, -0.1) is 0 Å². The average Bonchev–Trinajstić information content (AvgIpc) is 2.68. The minimum atomic E-state index is -0.266. The number of rotatable bonds is 7. The number of hydrogen-bond donors (Lipinski definition) is 3. The Bertz CT molecular complexity index is 824. The van der Waals surface area contributed by atoms with Crippen molar-refractivity contribution in [2.24, 2.45) is 4.99 Å². The van der Waals surface area contributed by atoms with Crippen LogP contribution in [0.3, 0.4) is 0 Å². The Labute approximate surface area is 173 Å². The molecule has 2 aromatic rings. The van der Waals surface area contributed by atoms with Crippen molar-refractivity contribution < 1.29 is 9.53 Å². The Morgan fingerprint density at radius 2 is 1.79 bits per heavy atom. The first-order chi connectivity index (χ1) is 13.8. The second-order valence-corrected chi connectivity index (χ2v) is 7.92. The van der Waals surface area contributed by atoms with E-state index in [-0.39, 0.29) is 11.4 Å². The Morgan fingerprint density at radius 1 is 1.07 bits per heavy atom. The lowest BCUT2D eigenvalue weighted by atomic mass is 10.1. The summed E-state index contributed by atoms with van der Waals surface area (Å²) in [6.07, 6.45) is 0. The molecule has 2 rings (SSSR count).